The molecule has 0 spiro atoms. The van der Waals surface area contributed by atoms with Crippen LogP contribution in [0, 0.1) is 10.1 Å². The van der Waals surface area contributed by atoms with Crippen LogP contribution in [0.2, 0.25) is 0 Å². The molecule has 31 heavy (non-hydrogen) atoms. The first-order valence-electron chi connectivity index (χ1n) is 9.94. The largest absolute Gasteiger partial charge is 0.493 e. The topological polar surface area (TPSA) is 112 Å². The molecule has 2 aromatic carbocycles. The van der Waals surface area contributed by atoms with Crippen molar-refractivity contribution in [3.8, 4) is 17.2 Å². The van der Waals surface area contributed by atoms with E-state index in [2.05, 4.69) is 10.5 Å². The quantitative estimate of drug-likeness (QED) is 0.330. The third-order valence-electron chi connectivity index (χ3n) is 4.48. The van der Waals surface area contributed by atoms with Gasteiger partial charge < -0.3 is 14.2 Å². The molecule has 166 valence electrons. The summed E-state index contributed by atoms with van der Waals surface area (Å²) in [6.45, 7) is 5.49. The predicted molar refractivity (Wildman–Crippen MR) is 117 cm³/mol. The molecule has 1 amide bonds. The second-order valence-electron chi connectivity index (χ2n) is 6.74. The molecule has 0 aliphatic carbocycles. The van der Waals surface area contributed by atoms with Crippen molar-refractivity contribution < 1.29 is 23.9 Å². The number of rotatable bonds is 11. The molecule has 0 radical (unpaired) electrons. The highest BCUT2D eigenvalue weighted by Gasteiger charge is 2.16. The average Bonchev–Trinajstić information content (AvgIpc) is 2.78. The molecule has 1 unspecified atom stereocenters. The summed E-state index contributed by atoms with van der Waals surface area (Å²) in [5.41, 5.74) is 3.66. The molecule has 1 atom stereocenters. The number of benzene rings is 2. The van der Waals surface area contributed by atoms with Crippen molar-refractivity contribution in [3.63, 3.8) is 0 Å². The second-order valence-corrected chi connectivity index (χ2v) is 6.74. The maximum atomic E-state index is 12.0. The lowest BCUT2D eigenvalue weighted by Crippen LogP contribution is -2.24. The van der Waals surface area contributed by atoms with E-state index in [1.54, 1.807) is 31.4 Å². The van der Waals surface area contributed by atoms with Gasteiger partial charge in [-0.15, -0.1) is 0 Å². The van der Waals surface area contributed by atoms with Gasteiger partial charge >= 0.3 is 5.69 Å². The van der Waals surface area contributed by atoms with Crippen molar-refractivity contribution in [1.29, 1.82) is 0 Å². The maximum Gasteiger partial charge on any atom is 0.311 e. The monoisotopic (exact) mass is 429 g/mol. The number of nitro groups is 1. The fraction of sp³-hybridized carbons (Fsp3) is 0.364. The molecule has 0 fully saturated rings. The van der Waals surface area contributed by atoms with E-state index >= 15 is 0 Å². The highest BCUT2D eigenvalue weighted by atomic mass is 16.6. The van der Waals surface area contributed by atoms with E-state index in [0.717, 1.165) is 12.0 Å². The molecule has 0 saturated carbocycles. The minimum absolute atomic E-state index is 0.0305. The Bertz CT molecular complexity index is 945. The Morgan fingerprint density at radius 2 is 1.94 bits per heavy atom. The molecule has 1 N–H and O–H groups in total. The maximum absolute atomic E-state index is 12.0. The first-order valence-corrected chi connectivity index (χ1v) is 9.94. The van der Waals surface area contributed by atoms with Crippen molar-refractivity contribution in [2.24, 2.45) is 5.10 Å². The number of amides is 1. The molecule has 0 bridgehead atoms. The van der Waals surface area contributed by atoms with Crippen LogP contribution in [-0.4, -0.2) is 36.9 Å². The highest BCUT2D eigenvalue weighted by molar-refractivity contribution is 5.83. The standard InChI is InChI=1S/C22H27N3O6/c1-5-15(3)31-20-10-8-17(12-21(20)29-4)13-23-24-22(26)14-30-19-9-7-16(6-2)11-18(19)25(27)28/h7-13,15H,5-6,14H2,1-4H3,(H,24,26). The molecule has 0 aromatic heterocycles. The molecule has 2 rings (SSSR count). The van der Waals surface area contributed by atoms with E-state index in [0.29, 0.717) is 23.5 Å². The first-order chi connectivity index (χ1) is 14.9. The minimum atomic E-state index is -0.547. The molecule has 0 heterocycles. The third kappa shape index (κ3) is 6.98. The van der Waals surface area contributed by atoms with Crippen LogP contribution in [0.25, 0.3) is 0 Å². The fourth-order valence-corrected chi connectivity index (χ4v) is 2.56. The lowest BCUT2D eigenvalue weighted by atomic mass is 10.1. The summed E-state index contributed by atoms with van der Waals surface area (Å²) in [6.07, 6.45) is 3.03. The molecule has 2 aromatic rings. The van der Waals surface area contributed by atoms with Crippen LogP contribution >= 0.6 is 0 Å². The summed E-state index contributed by atoms with van der Waals surface area (Å²) in [6, 6.07) is 9.94. The van der Waals surface area contributed by atoms with Gasteiger partial charge in [0.15, 0.2) is 23.9 Å². The van der Waals surface area contributed by atoms with E-state index in [-0.39, 0.29) is 17.5 Å². The van der Waals surface area contributed by atoms with Gasteiger partial charge in [-0.2, -0.15) is 5.10 Å². The van der Waals surface area contributed by atoms with Crippen LogP contribution in [0.3, 0.4) is 0 Å². The van der Waals surface area contributed by atoms with Crippen LogP contribution in [0.15, 0.2) is 41.5 Å². The van der Waals surface area contributed by atoms with Crippen LogP contribution in [0.5, 0.6) is 17.2 Å². The zero-order valence-electron chi connectivity index (χ0n) is 18.1. The first kappa shape index (κ1) is 23.7. The Morgan fingerprint density at radius 3 is 2.58 bits per heavy atom. The van der Waals surface area contributed by atoms with E-state index in [1.807, 2.05) is 20.8 Å². The summed E-state index contributed by atoms with van der Waals surface area (Å²) in [7, 11) is 1.55. The van der Waals surface area contributed by atoms with Gasteiger partial charge in [-0.25, -0.2) is 5.43 Å². The van der Waals surface area contributed by atoms with Gasteiger partial charge in [0.2, 0.25) is 0 Å². The van der Waals surface area contributed by atoms with E-state index in [4.69, 9.17) is 14.2 Å². The zero-order valence-corrected chi connectivity index (χ0v) is 18.1. The van der Waals surface area contributed by atoms with Gasteiger partial charge in [-0.05, 0) is 55.2 Å². The van der Waals surface area contributed by atoms with Crippen molar-refractivity contribution in [2.45, 2.75) is 39.7 Å². The fourth-order valence-electron chi connectivity index (χ4n) is 2.56. The number of ether oxygens (including phenoxy) is 3. The van der Waals surface area contributed by atoms with E-state index in [9.17, 15) is 14.9 Å². The molecule has 0 aliphatic rings. The van der Waals surface area contributed by atoms with Crippen LogP contribution < -0.4 is 19.6 Å². The number of carbonyl (C=O) groups is 1. The number of nitrogens with zero attached hydrogens (tertiary/aromatic N) is 2. The second kappa shape index (κ2) is 11.5. The van der Waals surface area contributed by atoms with E-state index in [1.165, 1.54) is 18.3 Å². The van der Waals surface area contributed by atoms with Gasteiger partial charge in [0.05, 0.1) is 24.4 Å². The Morgan fingerprint density at radius 1 is 1.19 bits per heavy atom. The number of hydrogen-bond acceptors (Lipinski definition) is 7. The molecule has 9 heteroatoms. The smallest absolute Gasteiger partial charge is 0.311 e. The van der Waals surface area contributed by atoms with Crippen LogP contribution in [-0.2, 0) is 11.2 Å². The summed E-state index contributed by atoms with van der Waals surface area (Å²) < 4.78 is 16.4. The number of methoxy groups -OCH3 is 1. The Labute approximate surface area is 181 Å². The summed E-state index contributed by atoms with van der Waals surface area (Å²) in [5, 5.41) is 15.1. The average molecular weight is 429 g/mol. The number of hydrogen-bond donors (Lipinski definition) is 1. The van der Waals surface area contributed by atoms with Gasteiger partial charge in [0.1, 0.15) is 0 Å². The van der Waals surface area contributed by atoms with Crippen molar-refractivity contribution >= 4 is 17.8 Å². The summed E-state index contributed by atoms with van der Waals surface area (Å²) >= 11 is 0. The lowest BCUT2D eigenvalue weighted by Gasteiger charge is -2.15. The molecule has 0 aliphatic heterocycles. The Hall–Kier alpha value is -3.62. The number of hydrazone groups is 1. The Kier molecular flexibility index (Phi) is 8.80. The number of carbonyl (C=O) groups excluding carboxylic acids is 1. The van der Waals surface area contributed by atoms with Crippen LogP contribution in [0.1, 0.15) is 38.3 Å². The van der Waals surface area contributed by atoms with Crippen molar-refractivity contribution in [3.05, 3.63) is 57.6 Å². The molecule has 0 saturated heterocycles. The number of nitrogens with one attached hydrogen (secondary N) is 1. The SMILES string of the molecule is CCc1ccc(OCC(=O)NN=Cc2ccc(OC(C)CC)c(OC)c2)c([N+](=O)[O-])c1. The van der Waals surface area contributed by atoms with Gasteiger partial charge in [0, 0.05) is 6.07 Å². The van der Waals surface area contributed by atoms with Gasteiger partial charge in [0.25, 0.3) is 5.91 Å². The van der Waals surface area contributed by atoms with Crippen molar-refractivity contribution in [2.75, 3.05) is 13.7 Å². The third-order valence-corrected chi connectivity index (χ3v) is 4.48. The van der Waals surface area contributed by atoms with Crippen molar-refractivity contribution in [1.82, 2.24) is 5.43 Å². The van der Waals surface area contributed by atoms with Crippen LogP contribution in [0.4, 0.5) is 5.69 Å². The molecular weight excluding hydrogens is 402 g/mol. The number of aryl methyl sites for hydroxylation is 1. The minimum Gasteiger partial charge on any atom is -0.493 e. The highest BCUT2D eigenvalue weighted by Crippen LogP contribution is 2.29. The normalized spacial score (nSPS) is 11.7. The molecular formula is C22H27N3O6. The van der Waals surface area contributed by atoms with Gasteiger partial charge in [-0.1, -0.05) is 19.9 Å². The summed E-state index contributed by atoms with van der Waals surface area (Å²) in [4.78, 5) is 22.6. The van der Waals surface area contributed by atoms with Gasteiger partial charge in [-0.3, -0.25) is 14.9 Å². The number of nitro benzene ring substituents is 1. The lowest BCUT2D eigenvalue weighted by molar-refractivity contribution is -0.385. The zero-order chi connectivity index (χ0) is 22.8. The van der Waals surface area contributed by atoms with E-state index < -0.39 is 17.4 Å². The Balaban J connectivity index is 1.95. The summed E-state index contributed by atoms with van der Waals surface area (Å²) in [5.74, 6) is 0.667. The predicted octanol–water partition coefficient (Wildman–Crippen LogP) is 3.87. The molecule has 9 nitrogen and oxygen atoms in total.